The Balaban J connectivity index is 1.73. The van der Waals surface area contributed by atoms with Crippen molar-refractivity contribution in [2.45, 2.75) is 32.9 Å². The predicted molar refractivity (Wildman–Crippen MR) is 71.1 cm³/mol. The van der Waals surface area contributed by atoms with Crippen molar-refractivity contribution in [1.82, 2.24) is 24.6 Å². The molecule has 98 valence electrons. The van der Waals surface area contributed by atoms with Crippen LogP contribution in [0, 0.1) is 0 Å². The second kappa shape index (κ2) is 6.35. The van der Waals surface area contributed by atoms with Gasteiger partial charge in [-0.1, -0.05) is 6.92 Å². The molecule has 2 heterocycles. The monoisotopic (exact) mass is 247 g/mol. The Bertz CT molecular complexity index is 471. The molecule has 2 aromatic heterocycles. The highest BCUT2D eigenvalue weighted by molar-refractivity contribution is 5.04. The highest BCUT2D eigenvalue weighted by atomic mass is 15.2. The van der Waals surface area contributed by atoms with Crippen LogP contribution < -0.4 is 5.32 Å². The van der Waals surface area contributed by atoms with Crippen LogP contribution in [0.5, 0.6) is 0 Å². The van der Waals surface area contributed by atoms with Crippen LogP contribution in [-0.2, 0) is 26.6 Å². The lowest BCUT2D eigenvalue weighted by molar-refractivity contribution is 0.601. The number of nitrogens with zero attached hydrogens (tertiary/aromatic N) is 4. The summed E-state index contributed by atoms with van der Waals surface area (Å²) < 4.78 is 4.04. The first kappa shape index (κ1) is 12.8. The third-order valence-corrected chi connectivity index (χ3v) is 2.92. The lowest BCUT2D eigenvalue weighted by Gasteiger charge is -2.07. The van der Waals surface area contributed by atoms with Crippen molar-refractivity contribution >= 4 is 0 Å². The van der Waals surface area contributed by atoms with Crippen LogP contribution in [-0.4, -0.2) is 25.9 Å². The van der Waals surface area contributed by atoms with Crippen LogP contribution in [0.3, 0.4) is 0 Å². The van der Waals surface area contributed by atoms with E-state index in [1.807, 2.05) is 30.5 Å². The molecule has 18 heavy (non-hydrogen) atoms. The molecular weight excluding hydrogens is 226 g/mol. The van der Waals surface area contributed by atoms with E-state index in [-0.39, 0.29) is 0 Å². The Kier molecular flexibility index (Phi) is 4.52. The Morgan fingerprint density at radius 3 is 2.94 bits per heavy atom. The van der Waals surface area contributed by atoms with E-state index in [0.717, 1.165) is 32.5 Å². The van der Waals surface area contributed by atoms with Gasteiger partial charge in [-0.15, -0.1) is 0 Å². The number of aryl methyl sites for hydroxylation is 2. The third kappa shape index (κ3) is 3.43. The van der Waals surface area contributed by atoms with Gasteiger partial charge in [-0.05, 0) is 24.9 Å². The number of hydrogen-bond donors (Lipinski definition) is 1. The first-order valence-corrected chi connectivity index (χ1v) is 6.47. The van der Waals surface area contributed by atoms with Gasteiger partial charge in [0, 0.05) is 32.5 Å². The van der Waals surface area contributed by atoms with E-state index in [9.17, 15) is 0 Å². The van der Waals surface area contributed by atoms with E-state index in [1.54, 1.807) is 0 Å². The molecule has 1 N–H and O–H groups in total. The molecule has 0 spiro atoms. The number of rotatable bonds is 7. The highest BCUT2D eigenvalue weighted by Gasteiger charge is 2.01. The van der Waals surface area contributed by atoms with Gasteiger partial charge in [0.25, 0.3) is 0 Å². The summed E-state index contributed by atoms with van der Waals surface area (Å²) in [6.45, 7) is 5.06. The van der Waals surface area contributed by atoms with E-state index in [0.29, 0.717) is 0 Å². The average Bonchev–Trinajstić information content (AvgIpc) is 2.95. The van der Waals surface area contributed by atoms with Gasteiger partial charge in [-0.3, -0.25) is 4.68 Å². The molecule has 0 unspecified atom stereocenters. The summed E-state index contributed by atoms with van der Waals surface area (Å²) in [7, 11) is 1.94. The molecule has 0 amide bonds. The topological polar surface area (TPSA) is 47.7 Å². The van der Waals surface area contributed by atoms with Crippen molar-refractivity contribution in [1.29, 1.82) is 0 Å². The number of hydrogen-bond acceptors (Lipinski definition) is 3. The first-order valence-electron chi connectivity index (χ1n) is 6.47. The number of nitrogens with one attached hydrogen (secondary N) is 1. The molecule has 0 aliphatic heterocycles. The van der Waals surface area contributed by atoms with Crippen molar-refractivity contribution in [3.05, 3.63) is 36.2 Å². The SMILES string of the molecule is CCCn1cncc1CNCCc1cnn(C)c1. The molecule has 0 saturated heterocycles. The van der Waals surface area contributed by atoms with Gasteiger partial charge in [0.1, 0.15) is 0 Å². The van der Waals surface area contributed by atoms with Gasteiger partial charge in [0.15, 0.2) is 0 Å². The van der Waals surface area contributed by atoms with Crippen molar-refractivity contribution < 1.29 is 0 Å². The fourth-order valence-corrected chi connectivity index (χ4v) is 1.99. The van der Waals surface area contributed by atoms with Crippen molar-refractivity contribution in [2.75, 3.05) is 6.54 Å². The summed E-state index contributed by atoms with van der Waals surface area (Å²) in [5, 5.41) is 7.60. The molecule has 0 saturated carbocycles. The predicted octanol–water partition coefficient (Wildman–Crippen LogP) is 1.36. The molecule has 2 aromatic rings. The quantitative estimate of drug-likeness (QED) is 0.752. The summed E-state index contributed by atoms with van der Waals surface area (Å²) >= 11 is 0. The largest absolute Gasteiger partial charge is 0.333 e. The van der Waals surface area contributed by atoms with Gasteiger partial charge in [0.2, 0.25) is 0 Å². The third-order valence-electron chi connectivity index (χ3n) is 2.92. The van der Waals surface area contributed by atoms with Gasteiger partial charge < -0.3 is 9.88 Å². The van der Waals surface area contributed by atoms with E-state index in [1.165, 1.54) is 11.3 Å². The maximum absolute atomic E-state index is 4.19. The molecule has 0 aliphatic rings. The zero-order valence-corrected chi connectivity index (χ0v) is 11.1. The molecule has 0 bridgehead atoms. The minimum Gasteiger partial charge on any atom is -0.333 e. The Morgan fingerprint density at radius 2 is 2.22 bits per heavy atom. The van der Waals surface area contributed by atoms with E-state index in [4.69, 9.17) is 0 Å². The average molecular weight is 247 g/mol. The molecule has 0 fully saturated rings. The fourth-order valence-electron chi connectivity index (χ4n) is 1.99. The summed E-state index contributed by atoms with van der Waals surface area (Å²) in [6, 6.07) is 0. The minimum absolute atomic E-state index is 0.875. The summed E-state index contributed by atoms with van der Waals surface area (Å²) in [5.74, 6) is 0. The fraction of sp³-hybridized carbons (Fsp3) is 0.538. The molecule has 0 radical (unpaired) electrons. The Hall–Kier alpha value is -1.62. The van der Waals surface area contributed by atoms with Gasteiger partial charge >= 0.3 is 0 Å². The summed E-state index contributed by atoms with van der Waals surface area (Å²) in [5.41, 5.74) is 2.52. The zero-order valence-electron chi connectivity index (χ0n) is 11.1. The van der Waals surface area contributed by atoms with Crippen LogP contribution in [0.1, 0.15) is 24.6 Å². The lowest BCUT2D eigenvalue weighted by Crippen LogP contribution is -2.18. The molecule has 0 aromatic carbocycles. The van der Waals surface area contributed by atoms with Crippen LogP contribution in [0.2, 0.25) is 0 Å². The summed E-state index contributed by atoms with van der Waals surface area (Å²) in [6.07, 6.45) is 9.97. The second-order valence-corrected chi connectivity index (χ2v) is 4.53. The van der Waals surface area contributed by atoms with Gasteiger partial charge in [-0.25, -0.2) is 4.98 Å². The smallest absolute Gasteiger partial charge is 0.0948 e. The number of imidazole rings is 1. The van der Waals surface area contributed by atoms with Crippen LogP contribution in [0.25, 0.3) is 0 Å². The van der Waals surface area contributed by atoms with Crippen molar-refractivity contribution in [3.63, 3.8) is 0 Å². The maximum atomic E-state index is 4.19. The van der Waals surface area contributed by atoms with Crippen LogP contribution in [0.4, 0.5) is 0 Å². The van der Waals surface area contributed by atoms with Gasteiger partial charge in [0.05, 0.1) is 18.2 Å². The number of aromatic nitrogens is 4. The molecule has 2 rings (SSSR count). The zero-order chi connectivity index (χ0) is 12.8. The molecular formula is C13H21N5. The Morgan fingerprint density at radius 1 is 1.33 bits per heavy atom. The second-order valence-electron chi connectivity index (χ2n) is 4.53. The highest BCUT2D eigenvalue weighted by Crippen LogP contribution is 2.01. The van der Waals surface area contributed by atoms with E-state index in [2.05, 4.69) is 33.1 Å². The molecule has 0 aliphatic carbocycles. The molecule has 5 heteroatoms. The van der Waals surface area contributed by atoms with Crippen molar-refractivity contribution in [2.24, 2.45) is 7.05 Å². The standard InChI is InChI=1S/C13H21N5/c1-3-6-18-11-15-9-13(18)8-14-5-4-12-7-16-17(2)10-12/h7,9-11,14H,3-6,8H2,1-2H3. The minimum atomic E-state index is 0.875. The van der Waals surface area contributed by atoms with E-state index >= 15 is 0 Å². The normalized spacial score (nSPS) is 11.0. The van der Waals surface area contributed by atoms with Crippen molar-refractivity contribution in [3.8, 4) is 0 Å². The molecule has 0 atom stereocenters. The van der Waals surface area contributed by atoms with Crippen LogP contribution >= 0.6 is 0 Å². The first-order chi connectivity index (χ1) is 8.79. The maximum Gasteiger partial charge on any atom is 0.0948 e. The van der Waals surface area contributed by atoms with Crippen LogP contribution in [0.15, 0.2) is 24.9 Å². The van der Waals surface area contributed by atoms with E-state index < -0.39 is 0 Å². The van der Waals surface area contributed by atoms with Gasteiger partial charge in [-0.2, -0.15) is 5.10 Å². The Labute approximate surface area is 108 Å². The summed E-state index contributed by atoms with van der Waals surface area (Å²) in [4.78, 5) is 4.19. The lowest BCUT2D eigenvalue weighted by atomic mass is 10.2. The molecule has 5 nitrogen and oxygen atoms in total.